The molecule has 1 rings (SSSR count). The van der Waals surface area contributed by atoms with Crippen LogP contribution in [0, 0.1) is 0 Å². The summed E-state index contributed by atoms with van der Waals surface area (Å²) in [5, 5.41) is 0. The Hall–Kier alpha value is -0.540. The van der Waals surface area contributed by atoms with E-state index in [1.807, 2.05) is 0 Å². The number of hydrogen-bond acceptors (Lipinski definition) is 3. The number of ether oxygens (including phenoxy) is 1. The number of rotatable bonds is 6. The lowest BCUT2D eigenvalue weighted by Gasteiger charge is -1.97. The maximum atomic E-state index is 5.54. The molecule has 1 heterocycles. The van der Waals surface area contributed by atoms with Gasteiger partial charge in [-0.2, -0.15) is 0 Å². The van der Waals surface area contributed by atoms with Crippen molar-refractivity contribution in [2.45, 2.75) is 26.4 Å². The SMILES string of the molecule is CCCOCc1cnc(CCCl)o1. The average Bonchev–Trinajstić information content (AvgIpc) is 2.54. The zero-order chi connectivity index (χ0) is 9.52. The summed E-state index contributed by atoms with van der Waals surface area (Å²) in [5.41, 5.74) is 0. The van der Waals surface area contributed by atoms with Crippen molar-refractivity contribution in [2.75, 3.05) is 12.5 Å². The van der Waals surface area contributed by atoms with Crippen LogP contribution in [-0.2, 0) is 17.8 Å². The second-order valence-corrected chi connectivity index (χ2v) is 3.09. The number of aromatic nitrogens is 1. The third-order valence-electron chi connectivity index (χ3n) is 1.50. The third kappa shape index (κ3) is 3.79. The summed E-state index contributed by atoms with van der Waals surface area (Å²) < 4.78 is 10.6. The largest absolute Gasteiger partial charge is 0.443 e. The number of alkyl halides is 1. The topological polar surface area (TPSA) is 35.3 Å². The Morgan fingerprint density at radius 3 is 3.15 bits per heavy atom. The summed E-state index contributed by atoms with van der Waals surface area (Å²) in [4.78, 5) is 4.05. The van der Waals surface area contributed by atoms with Gasteiger partial charge < -0.3 is 9.15 Å². The van der Waals surface area contributed by atoms with Crippen molar-refractivity contribution < 1.29 is 9.15 Å². The van der Waals surface area contributed by atoms with E-state index in [2.05, 4.69) is 11.9 Å². The number of aryl methyl sites for hydroxylation is 1. The predicted molar refractivity (Wildman–Crippen MR) is 50.9 cm³/mol. The van der Waals surface area contributed by atoms with Gasteiger partial charge in [-0.3, -0.25) is 0 Å². The summed E-state index contributed by atoms with van der Waals surface area (Å²) in [6.45, 7) is 3.33. The maximum absolute atomic E-state index is 5.54. The minimum atomic E-state index is 0.503. The second-order valence-electron chi connectivity index (χ2n) is 2.71. The molecule has 0 amide bonds. The third-order valence-corrected chi connectivity index (χ3v) is 1.69. The highest BCUT2D eigenvalue weighted by molar-refractivity contribution is 6.17. The van der Waals surface area contributed by atoms with Crippen LogP contribution in [-0.4, -0.2) is 17.5 Å². The molecule has 0 aliphatic carbocycles. The summed E-state index contributed by atoms with van der Waals surface area (Å²) in [7, 11) is 0. The second kappa shape index (κ2) is 6.00. The molecule has 0 atom stereocenters. The van der Waals surface area contributed by atoms with Crippen molar-refractivity contribution in [1.82, 2.24) is 4.98 Å². The quantitative estimate of drug-likeness (QED) is 0.526. The first-order valence-corrected chi connectivity index (χ1v) is 4.97. The number of oxazole rings is 1. The molecule has 4 heteroatoms. The van der Waals surface area contributed by atoms with Crippen LogP contribution >= 0.6 is 11.6 Å². The fraction of sp³-hybridized carbons (Fsp3) is 0.667. The molecular weight excluding hydrogens is 190 g/mol. The Bertz CT molecular complexity index is 237. The first kappa shape index (κ1) is 10.5. The lowest BCUT2D eigenvalue weighted by atomic mass is 10.5. The van der Waals surface area contributed by atoms with Crippen molar-refractivity contribution in [3.05, 3.63) is 17.8 Å². The van der Waals surface area contributed by atoms with Crippen molar-refractivity contribution in [3.8, 4) is 0 Å². The van der Waals surface area contributed by atoms with Gasteiger partial charge in [0.25, 0.3) is 0 Å². The van der Waals surface area contributed by atoms with Gasteiger partial charge in [0.1, 0.15) is 12.4 Å². The van der Waals surface area contributed by atoms with Gasteiger partial charge in [-0.1, -0.05) is 6.92 Å². The van der Waals surface area contributed by atoms with E-state index in [0.717, 1.165) is 18.8 Å². The molecule has 0 unspecified atom stereocenters. The summed E-state index contributed by atoms with van der Waals surface area (Å²) in [6.07, 6.45) is 3.38. The van der Waals surface area contributed by atoms with E-state index in [0.29, 0.717) is 24.8 Å². The normalized spacial score (nSPS) is 10.6. The molecule has 0 aromatic carbocycles. The molecule has 0 saturated carbocycles. The maximum Gasteiger partial charge on any atom is 0.195 e. The van der Waals surface area contributed by atoms with Crippen LogP contribution in [0.5, 0.6) is 0 Å². The van der Waals surface area contributed by atoms with Gasteiger partial charge in [0.05, 0.1) is 6.20 Å². The van der Waals surface area contributed by atoms with Gasteiger partial charge in [-0.15, -0.1) is 11.6 Å². The highest BCUT2D eigenvalue weighted by atomic mass is 35.5. The molecule has 0 bridgehead atoms. The van der Waals surface area contributed by atoms with Crippen molar-refractivity contribution in [3.63, 3.8) is 0 Å². The molecule has 1 aromatic rings. The molecule has 13 heavy (non-hydrogen) atoms. The summed E-state index contributed by atoms with van der Waals surface area (Å²) in [5.74, 6) is 1.99. The molecule has 0 spiro atoms. The van der Waals surface area contributed by atoms with Crippen LogP contribution in [0.15, 0.2) is 10.6 Å². The van der Waals surface area contributed by atoms with Crippen LogP contribution in [0.2, 0.25) is 0 Å². The predicted octanol–water partition coefficient (Wildman–Crippen LogP) is 2.38. The Kier molecular flexibility index (Phi) is 4.86. The van der Waals surface area contributed by atoms with Crippen molar-refractivity contribution in [2.24, 2.45) is 0 Å². The minimum Gasteiger partial charge on any atom is -0.443 e. The Balaban J connectivity index is 2.31. The number of nitrogens with zero attached hydrogens (tertiary/aromatic N) is 1. The molecule has 74 valence electrons. The summed E-state index contributed by atoms with van der Waals surface area (Å²) >= 11 is 5.54. The van der Waals surface area contributed by atoms with Gasteiger partial charge in [0.15, 0.2) is 5.89 Å². The molecule has 0 saturated heterocycles. The highest BCUT2D eigenvalue weighted by Gasteiger charge is 2.02. The Morgan fingerprint density at radius 2 is 2.46 bits per heavy atom. The summed E-state index contributed by atoms with van der Waals surface area (Å²) in [6, 6.07) is 0. The highest BCUT2D eigenvalue weighted by Crippen LogP contribution is 2.06. The number of halogens is 1. The van der Waals surface area contributed by atoms with Gasteiger partial charge in [-0.25, -0.2) is 4.98 Å². The van der Waals surface area contributed by atoms with Crippen LogP contribution in [0.1, 0.15) is 25.0 Å². The van der Waals surface area contributed by atoms with E-state index in [4.69, 9.17) is 20.8 Å². The minimum absolute atomic E-state index is 0.503. The van der Waals surface area contributed by atoms with Gasteiger partial charge in [0.2, 0.25) is 0 Å². The molecule has 0 fully saturated rings. The van der Waals surface area contributed by atoms with Crippen LogP contribution in [0.3, 0.4) is 0 Å². The van der Waals surface area contributed by atoms with Gasteiger partial charge in [-0.05, 0) is 6.42 Å². The Morgan fingerprint density at radius 1 is 1.62 bits per heavy atom. The monoisotopic (exact) mass is 203 g/mol. The van der Waals surface area contributed by atoms with E-state index in [1.54, 1.807) is 6.20 Å². The van der Waals surface area contributed by atoms with Crippen LogP contribution in [0.25, 0.3) is 0 Å². The van der Waals surface area contributed by atoms with E-state index in [-0.39, 0.29) is 0 Å². The average molecular weight is 204 g/mol. The molecule has 0 radical (unpaired) electrons. The molecule has 3 nitrogen and oxygen atoms in total. The lowest BCUT2D eigenvalue weighted by Crippen LogP contribution is -1.92. The lowest BCUT2D eigenvalue weighted by molar-refractivity contribution is 0.106. The first-order valence-electron chi connectivity index (χ1n) is 4.44. The van der Waals surface area contributed by atoms with E-state index < -0.39 is 0 Å². The number of hydrogen-bond donors (Lipinski definition) is 0. The fourth-order valence-electron chi connectivity index (χ4n) is 0.928. The first-order chi connectivity index (χ1) is 6.36. The molecular formula is C9H14ClNO2. The van der Waals surface area contributed by atoms with E-state index >= 15 is 0 Å². The van der Waals surface area contributed by atoms with Gasteiger partial charge >= 0.3 is 0 Å². The molecule has 0 aliphatic rings. The Labute approximate surface area is 83.1 Å². The van der Waals surface area contributed by atoms with Crippen LogP contribution < -0.4 is 0 Å². The smallest absolute Gasteiger partial charge is 0.195 e. The molecule has 0 N–H and O–H groups in total. The van der Waals surface area contributed by atoms with Crippen molar-refractivity contribution in [1.29, 1.82) is 0 Å². The van der Waals surface area contributed by atoms with E-state index in [1.165, 1.54) is 0 Å². The van der Waals surface area contributed by atoms with Gasteiger partial charge in [0, 0.05) is 18.9 Å². The van der Waals surface area contributed by atoms with Crippen LogP contribution in [0.4, 0.5) is 0 Å². The zero-order valence-electron chi connectivity index (χ0n) is 7.75. The van der Waals surface area contributed by atoms with E-state index in [9.17, 15) is 0 Å². The zero-order valence-corrected chi connectivity index (χ0v) is 8.51. The van der Waals surface area contributed by atoms with Crippen molar-refractivity contribution >= 4 is 11.6 Å². The standard InChI is InChI=1S/C9H14ClNO2/c1-2-5-12-7-8-6-11-9(13-8)3-4-10/h6H,2-5,7H2,1H3. The molecule has 1 aromatic heterocycles. The fourth-order valence-corrected chi connectivity index (χ4v) is 1.09. The molecule has 0 aliphatic heterocycles.